The summed E-state index contributed by atoms with van der Waals surface area (Å²) in [7, 11) is 1.81. The predicted octanol–water partition coefficient (Wildman–Crippen LogP) is 2.44. The van der Waals surface area contributed by atoms with E-state index in [-0.39, 0.29) is 6.03 Å². The Balaban J connectivity index is 1.42. The lowest BCUT2D eigenvalue weighted by Gasteiger charge is -2.17. The van der Waals surface area contributed by atoms with Crippen molar-refractivity contribution < 1.29 is 4.79 Å². The van der Waals surface area contributed by atoms with E-state index in [2.05, 4.69) is 21.5 Å². The molecule has 7 nitrogen and oxygen atoms in total. The average molecular weight is 346 g/mol. The lowest BCUT2D eigenvalue weighted by Crippen LogP contribution is -2.37. The van der Waals surface area contributed by atoms with Gasteiger partial charge in [0.25, 0.3) is 0 Å². The highest BCUT2D eigenvalue weighted by Crippen LogP contribution is 2.11. The highest BCUT2D eigenvalue weighted by molar-refractivity contribution is 7.15. The second kappa shape index (κ2) is 7.04. The topological polar surface area (TPSA) is 67.5 Å². The molecule has 0 bridgehead atoms. The Morgan fingerprint density at radius 1 is 1.42 bits per heavy atom. The molecule has 0 aliphatic heterocycles. The Bertz CT molecular complexity index is 804. The van der Waals surface area contributed by atoms with Gasteiger partial charge in [0, 0.05) is 43.6 Å². The molecule has 0 atom stereocenters. The molecule has 0 saturated heterocycles. The Morgan fingerprint density at radius 3 is 2.96 bits per heavy atom. The molecule has 0 fully saturated rings. The first-order chi connectivity index (χ1) is 11.5. The summed E-state index contributed by atoms with van der Waals surface area (Å²) in [6.45, 7) is 5.97. The van der Waals surface area contributed by atoms with Crippen LogP contribution in [-0.4, -0.2) is 43.7 Å². The molecular weight excluding hydrogens is 324 g/mol. The van der Waals surface area contributed by atoms with Crippen molar-refractivity contribution in [3.8, 4) is 0 Å². The van der Waals surface area contributed by atoms with E-state index in [1.54, 1.807) is 16.2 Å². The standard InChI is InChI=1S/C16H22N6OS/c1-12-9-13(2)22(19-12)6-4-5-20(3)15(23)17-10-14-11-21-7-8-24-16(21)18-14/h7-9,11H,4-6,10H2,1-3H3,(H,17,23). The zero-order valence-electron chi connectivity index (χ0n) is 14.2. The van der Waals surface area contributed by atoms with E-state index in [4.69, 9.17) is 0 Å². The number of amides is 2. The summed E-state index contributed by atoms with van der Waals surface area (Å²) in [5.74, 6) is 0. The van der Waals surface area contributed by atoms with Crippen molar-refractivity contribution in [2.75, 3.05) is 13.6 Å². The summed E-state index contributed by atoms with van der Waals surface area (Å²) < 4.78 is 3.95. The predicted molar refractivity (Wildman–Crippen MR) is 94.3 cm³/mol. The molecule has 0 spiro atoms. The third-order valence-corrected chi connectivity index (χ3v) is 4.65. The summed E-state index contributed by atoms with van der Waals surface area (Å²) in [5, 5.41) is 9.33. The number of aromatic nitrogens is 4. The number of nitrogens with one attached hydrogen (secondary N) is 1. The van der Waals surface area contributed by atoms with E-state index in [1.807, 2.05) is 47.8 Å². The van der Waals surface area contributed by atoms with Crippen LogP contribution in [0, 0.1) is 13.8 Å². The second-order valence-electron chi connectivity index (χ2n) is 5.91. The molecule has 3 aromatic rings. The molecule has 0 saturated carbocycles. The molecule has 0 aliphatic carbocycles. The van der Waals surface area contributed by atoms with Crippen LogP contribution in [-0.2, 0) is 13.1 Å². The zero-order chi connectivity index (χ0) is 17.1. The minimum Gasteiger partial charge on any atom is -0.332 e. The highest BCUT2D eigenvalue weighted by Gasteiger charge is 2.10. The summed E-state index contributed by atoms with van der Waals surface area (Å²) in [6, 6.07) is 1.98. The molecule has 3 heterocycles. The number of hydrogen-bond donors (Lipinski definition) is 1. The third-order valence-electron chi connectivity index (χ3n) is 3.88. The van der Waals surface area contributed by atoms with Crippen LogP contribution in [0.25, 0.3) is 4.96 Å². The molecule has 0 aliphatic rings. The first kappa shape index (κ1) is 16.5. The lowest BCUT2D eigenvalue weighted by molar-refractivity contribution is 0.206. The number of nitrogens with zero attached hydrogens (tertiary/aromatic N) is 5. The van der Waals surface area contributed by atoms with E-state index < -0.39 is 0 Å². The van der Waals surface area contributed by atoms with Gasteiger partial charge in [-0.2, -0.15) is 5.10 Å². The third kappa shape index (κ3) is 3.76. The first-order valence-corrected chi connectivity index (χ1v) is 8.82. The number of carbonyl (C=O) groups is 1. The first-order valence-electron chi connectivity index (χ1n) is 7.94. The molecule has 0 radical (unpaired) electrons. The monoisotopic (exact) mass is 346 g/mol. The van der Waals surface area contributed by atoms with Crippen LogP contribution in [0.15, 0.2) is 23.8 Å². The van der Waals surface area contributed by atoms with Crippen LogP contribution >= 0.6 is 11.3 Å². The van der Waals surface area contributed by atoms with Gasteiger partial charge in [0.2, 0.25) is 0 Å². The van der Waals surface area contributed by atoms with E-state index >= 15 is 0 Å². The average Bonchev–Trinajstić information content (AvgIpc) is 3.19. The van der Waals surface area contributed by atoms with Gasteiger partial charge >= 0.3 is 6.03 Å². The number of urea groups is 1. The molecule has 2 amide bonds. The Morgan fingerprint density at radius 2 is 2.25 bits per heavy atom. The molecule has 0 aromatic carbocycles. The maximum absolute atomic E-state index is 12.1. The van der Waals surface area contributed by atoms with Crippen LogP contribution < -0.4 is 5.32 Å². The highest BCUT2D eigenvalue weighted by atomic mass is 32.1. The Labute approximate surface area is 144 Å². The minimum atomic E-state index is -0.0836. The van der Waals surface area contributed by atoms with Crippen LogP contribution in [0.4, 0.5) is 4.79 Å². The fourth-order valence-electron chi connectivity index (χ4n) is 2.62. The molecule has 8 heteroatoms. The fraction of sp³-hybridized carbons (Fsp3) is 0.438. The normalized spacial score (nSPS) is 11.1. The minimum absolute atomic E-state index is 0.0836. The van der Waals surface area contributed by atoms with E-state index in [0.717, 1.165) is 35.0 Å². The van der Waals surface area contributed by atoms with Crippen molar-refractivity contribution in [1.29, 1.82) is 0 Å². The van der Waals surface area contributed by atoms with Crippen molar-refractivity contribution >= 4 is 22.3 Å². The van der Waals surface area contributed by atoms with E-state index in [1.165, 1.54) is 0 Å². The van der Waals surface area contributed by atoms with Crippen molar-refractivity contribution in [2.45, 2.75) is 33.4 Å². The fourth-order valence-corrected chi connectivity index (χ4v) is 3.34. The smallest absolute Gasteiger partial charge is 0.317 e. The Kier molecular flexibility index (Phi) is 4.84. The van der Waals surface area contributed by atoms with Gasteiger partial charge in [-0.15, -0.1) is 11.3 Å². The molecule has 3 rings (SSSR count). The maximum atomic E-state index is 12.1. The van der Waals surface area contributed by atoms with Gasteiger partial charge in [0.1, 0.15) is 0 Å². The van der Waals surface area contributed by atoms with Crippen LogP contribution in [0.1, 0.15) is 23.5 Å². The van der Waals surface area contributed by atoms with Crippen LogP contribution in [0.5, 0.6) is 0 Å². The van der Waals surface area contributed by atoms with Gasteiger partial charge < -0.3 is 10.2 Å². The van der Waals surface area contributed by atoms with Crippen molar-refractivity contribution in [3.63, 3.8) is 0 Å². The molecule has 0 unspecified atom stereocenters. The van der Waals surface area contributed by atoms with Gasteiger partial charge in [0.15, 0.2) is 4.96 Å². The summed E-state index contributed by atoms with van der Waals surface area (Å²) >= 11 is 1.58. The zero-order valence-corrected chi connectivity index (χ0v) is 15.0. The summed E-state index contributed by atoms with van der Waals surface area (Å²) in [5.41, 5.74) is 3.05. The Hall–Kier alpha value is -2.35. The second-order valence-corrected chi connectivity index (χ2v) is 6.78. The van der Waals surface area contributed by atoms with Crippen LogP contribution in [0.2, 0.25) is 0 Å². The number of imidazole rings is 1. The van der Waals surface area contributed by atoms with Gasteiger partial charge in [-0.1, -0.05) is 0 Å². The number of hydrogen-bond acceptors (Lipinski definition) is 4. The van der Waals surface area contributed by atoms with Crippen molar-refractivity contribution in [1.82, 2.24) is 29.4 Å². The lowest BCUT2D eigenvalue weighted by atomic mass is 10.3. The van der Waals surface area contributed by atoms with E-state index in [9.17, 15) is 4.79 Å². The SMILES string of the molecule is Cc1cc(C)n(CCCN(C)C(=O)NCc2cn3ccsc3n2)n1. The molecule has 24 heavy (non-hydrogen) atoms. The van der Waals surface area contributed by atoms with E-state index in [0.29, 0.717) is 13.1 Å². The van der Waals surface area contributed by atoms with Gasteiger partial charge in [0.05, 0.1) is 17.9 Å². The quantitative estimate of drug-likeness (QED) is 0.745. The molecule has 1 N–H and O–H groups in total. The van der Waals surface area contributed by atoms with Crippen molar-refractivity contribution in [2.24, 2.45) is 0 Å². The largest absolute Gasteiger partial charge is 0.332 e. The number of carbonyl (C=O) groups excluding carboxylic acids is 1. The number of fused-ring (bicyclic) bond motifs is 1. The summed E-state index contributed by atoms with van der Waals surface area (Å²) in [4.78, 5) is 19.2. The van der Waals surface area contributed by atoms with Crippen LogP contribution in [0.3, 0.4) is 0 Å². The van der Waals surface area contributed by atoms with Gasteiger partial charge in [-0.3, -0.25) is 9.08 Å². The molecular formula is C16H22N6OS. The molecule has 128 valence electrons. The number of thiazole rings is 1. The van der Waals surface area contributed by atoms with Gasteiger partial charge in [-0.25, -0.2) is 9.78 Å². The summed E-state index contributed by atoms with van der Waals surface area (Å²) in [6.07, 6.45) is 4.77. The maximum Gasteiger partial charge on any atom is 0.317 e. The molecule has 3 aromatic heterocycles. The van der Waals surface area contributed by atoms with Crippen molar-refractivity contribution in [3.05, 3.63) is 40.9 Å². The number of aryl methyl sites for hydroxylation is 3. The number of rotatable bonds is 6. The van der Waals surface area contributed by atoms with Gasteiger partial charge in [-0.05, 0) is 26.3 Å².